The fraction of sp³-hybridized carbons (Fsp3) is 0.167. The first-order chi connectivity index (χ1) is 8.22. The SMILES string of the molecule is CNC(c1cncnc1)c1ccc(Br)c(Cl)c1. The Morgan fingerprint density at radius 2 is 1.94 bits per heavy atom. The van der Waals surface area contributed by atoms with Gasteiger partial charge in [0.2, 0.25) is 0 Å². The predicted molar refractivity (Wildman–Crippen MR) is 72.1 cm³/mol. The number of rotatable bonds is 3. The van der Waals surface area contributed by atoms with Crippen LogP contribution < -0.4 is 5.32 Å². The Morgan fingerprint density at radius 3 is 2.53 bits per heavy atom. The average Bonchev–Trinajstić information content (AvgIpc) is 2.36. The van der Waals surface area contributed by atoms with Gasteiger partial charge in [0.15, 0.2) is 0 Å². The van der Waals surface area contributed by atoms with Crippen LogP contribution in [0.2, 0.25) is 5.02 Å². The Labute approximate surface area is 113 Å². The molecule has 0 aliphatic carbocycles. The van der Waals surface area contributed by atoms with Crippen molar-refractivity contribution in [3.05, 3.63) is 57.5 Å². The van der Waals surface area contributed by atoms with Crippen LogP contribution in [-0.4, -0.2) is 17.0 Å². The van der Waals surface area contributed by atoms with E-state index in [4.69, 9.17) is 11.6 Å². The second-order valence-corrected chi connectivity index (χ2v) is 4.83. The molecule has 0 bridgehead atoms. The maximum Gasteiger partial charge on any atom is 0.115 e. The van der Waals surface area contributed by atoms with E-state index in [2.05, 4.69) is 31.2 Å². The highest BCUT2D eigenvalue weighted by atomic mass is 79.9. The highest BCUT2D eigenvalue weighted by Crippen LogP contribution is 2.28. The van der Waals surface area contributed by atoms with Crippen molar-refractivity contribution in [2.45, 2.75) is 6.04 Å². The Hall–Kier alpha value is -0.970. The van der Waals surface area contributed by atoms with E-state index < -0.39 is 0 Å². The van der Waals surface area contributed by atoms with Gasteiger partial charge in [-0.15, -0.1) is 0 Å². The van der Waals surface area contributed by atoms with Gasteiger partial charge < -0.3 is 5.32 Å². The van der Waals surface area contributed by atoms with Crippen LogP contribution in [0.25, 0.3) is 0 Å². The van der Waals surface area contributed by atoms with Crippen LogP contribution in [0.4, 0.5) is 0 Å². The summed E-state index contributed by atoms with van der Waals surface area (Å²) >= 11 is 9.48. The van der Waals surface area contributed by atoms with Crippen LogP contribution in [0.5, 0.6) is 0 Å². The molecule has 0 aliphatic rings. The van der Waals surface area contributed by atoms with Gasteiger partial charge >= 0.3 is 0 Å². The van der Waals surface area contributed by atoms with Gasteiger partial charge in [-0.05, 0) is 40.7 Å². The summed E-state index contributed by atoms with van der Waals surface area (Å²) in [6.45, 7) is 0. The van der Waals surface area contributed by atoms with Gasteiger partial charge in [0.1, 0.15) is 6.33 Å². The van der Waals surface area contributed by atoms with Gasteiger partial charge in [0.25, 0.3) is 0 Å². The monoisotopic (exact) mass is 311 g/mol. The highest BCUT2D eigenvalue weighted by Gasteiger charge is 2.13. The molecule has 17 heavy (non-hydrogen) atoms. The summed E-state index contributed by atoms with van der Waals surface area (Å²) in [4.78, 5) is 8.05. The van der Waals surface area contributed by atoms with Crippen LogP contribution in [0.1, 0.15) is 17.2 Å². The first-order valence-corrected chi connectivity index (χ1v) is 6.26. The standard InChI is InChI=1S/C12H11BrClN3/c1-15-12(9-5-16-7-17-6-9)8-2-3-10(13)11(14)4-8/h2-7,12,15H,1H3. The number of hydrogen-bond donors (Lipinski definition) is 1. The first-order valence-electron chi connectivity index (χ1n) is 5.09. The normalized spacial score (nSPS) is 12.4. The van der Waals surface area contributed by atoms with E-state index in [1.54, 1.807) is 12.4 Å². The second-order valence-electron chi connectivity index (χ2n) is 3.57. The number of halogens is 2. The summed E-state index contributed by atoms with van der Waals surface area (Å²) < 4.78 is 0.891. The maximum absolute atomic E-state index is 6.10. The van der Waals surface area contributed by atoms with Crippen LogP contribution in [0, 0.1) is 0 Å². The topological polar surface area (TPSA) is 37.8 Å². The zero-order chi connectivity index (χ0) is 12.3. The minimum absolute atomic E-state index is 0.0433. The van der Waals surface area contributed by atoms with Crippen molar-refractivity contribution in [2.24, 2.45) is 0 Å². The molecule has 0 amide bonds. The van der Waals surface area contributed by atoms with Gasteiger partial charge in [0, 0.05) is 22.4 Å². The number of aromatic nitrogens is 2. The zero-order valence-corrected chi connectivity index (χ0v) is 11.5. The molecule has 1 aromatic carbocycles. The van der Waals surface area contributed by atoms with E-state index >= 15 is 0 Å². The molecule has 88 valence electrons. The summed E-state index contributed by atoms with van der Waals surface area (Å²) in [7, 11) is 1.90. The lowest BCUT2D eigenvalue weighted by Crippen LogP contribution is -2.18. The molecule has 5 heteroatoms. The Morgan fingerprint density at radius 1 is 1.24 bits per heavy atom. The van der Waals surface area contributed by atoms with Crippen LogP contribution in [0.3, 0.4) is 0 Å². The molecule has 0 saturated carbocycles. The van der Waals surface area contributed by atoms with E-state index in [0.717, 1.165) is 15.6 Å². The third-order valence-electron chi connectivity index (χ3n) is 2.48. The smallest absolute Gasteiger partial charge is 0.115 e. The van der Waals surface area contributed by atoms with Crippen LogP contribution >= 0.6 is 27.5 Å². The molecule has 1 unspecified atom stereocenters. The summed E-state index contributed by atoms with van der Waals surface area (Å²) in [5.74, 6) is 0. The summed E-state index contributed by atoms with van der Waals surface area (Å²) in [5.41, 5.74) is 2.09. The summed E-state index contributed by atoms with van der Waals surface area (Å²) in [6, 6.07) is 5.93. The molecule has 0 radical (unpaired) electrons. The number of nitrogens with one attached hydrogen (secondary N) is 1. The van der Waals surface area contributed by atoms with Crippen molar-refractivity contribution in [2.75, 3.05) is 7.05 Å². The lowest BCUT2D eigenvalue weighted by atomic mass is 10.0. The molecule has 2 rings (SSSR count). The number of nitrogens with zero attached hydrogens (tertiary/aromatic N) is 2. The quantitative estimate of drug-likeness (QED) is 0.946. The second kappa shape index (κ2) is 5.58. The molecule has 1 aromatic heterocycles. The van der Waals surface area contributed by atoms with Crippen molar-refractivity contribution in [1.29, 1.82) is 0 Å². The largest absolute Gasteiger partial charge is 0.309 e. The number of hydrogen-bond acceptors (Lipinski definition) is 3. The van der Waals surface area contributed by atoms with E-state index in [0.29, 0.717) is 5.02 Å². The Bertz CT molecular complexity index is 504. The Kier molecular flexibility index (Phi) is 4.10. The van der Waals surface area contributed by atoms with Gasteiger partial charge in [-0.3, -0.25) is 0 Å². The van der Waals surface area contributed by atoms with Gasteiger partial charge in [0.05, 0.1) is 11.1 Å². The van der Waals surface area contributed by atoms with Crippen LogP contribution in [0.15, 0.2) is 41.4 Å². The highest BCUT2D eigenvalue weighted by molar-refractivity contribution is 9.10. The summed E-state index contributed by atoms with van der Waals surface area (Å²) in [6.07, 6.45) is 5.11. The summed E-state index contributed by atoms with van der Waals surface area (Å²) in [5, 5.41) is 3.92. The van der Waals surface area contributed by atoms with E-state index in [-0.39, 0.29) is 6.04 Å². The van der Waals surface area contributed by atoms with Gasteiger partial charge in [-0.25, -0.2) is 9.97 Å². The third-order valence-corrected chi connectivity index (χ3v) is 3.71. The molecular weight excluding hydrogens is 302 g/mol. The fourth-order valence-electron chi connectivity index (χ4n) is 1.68. The number of benzene rings is 1. The van der Waals surface area contributed by atoms with E-state index in [1.165, 1.54) is 6.33 Å². The first kappa shape index (κ1) is 12.5. The lowest BCUT2D eigenvalue weighted by Gasteiger charge is -2.16. The van der Waals surface area contributed by atoms with Crippen molar-refractivity contribution in [1.82, 2.24) is 15.3 Å². The minimum atomic E-state index is 0.0433. The molecular formula is C12H11BrClN3. The van der Waals surface area contributed by atoms with Crippen molar-refractivity contribution in [3.63, 3.8) is 0 Å². The molecule has 1 N–H and O–H groups in total. The average molecular weight is 313 g/mol. The van der Waals surface area contributed by atoms with E-state index in [9.17, 15) is 0 Å². The lowest BCUT2D eigenvalue weighted by molar-refractivity contribution is 0.684. The van der Waals surface area contributed by atoms with Gasteiger partial charge in [-0.2, -0.15) is 0 Å². The van der Waals surface area contributed by atoms with Crippen LogP contribution in [-0.2, 0) is 0 Å². The van der Waals surface area contributed by atoms with Crippen molar-refractivity contribution >= 4 is 27.5 Å². The third kappa shape index (κ3) is 2.83. The van der Waals surface area contributed by atoms with Crippen molar-refractivity contribution in [3.8, 4) is 0 Å². The van der Waals surface area contributed by atoms with E-state index in [1.807, 2.05) is 25.2 Å². The molecule has 0 spiro atoms. The van der Waals surface area contributed by atoms with Gasteiger partial charge in [-0.1, -0.05) is 17.7 Å². The molecule has 0 saturated heterocycles. The molecule has 2 aromatic rings. The molecule has 1 heterocycles. The fourth-order valence-corrected chi connectivity index (χ4v) is 2.11. The molecule has 0 fully saturated rings. The molecule has 3 nitrogen and oxygen atoms in total. The van der Waals surface area contributed by atoms with Crippen molar-refractivity contribution < 1.29 is 0 Å². The molecule has 1 atom stereocenters. The minimum Gasteiger partial charge on any atom is -0.309 e. The maximum atomic E-state index is 6.10. The molecule has 0 aliphatic heterocycles. The zero-order valence-electron chi connectivity index (χ0n) is 9.19. The predicted octanol–water partition coefficient (Wildman–Crippen LogP) is 3.20. The Balaban J connectivity index is 2.39.